The first-order valence-electron chi connectivity index (χ1n) is 7.72. The van der Waals surface area contributed by atoms with E-state index in [4.69, 9.17) is 0 Å². The van der Waals surface area contributed by atoms with E-state index >= 15 is 0 Å². The molecule has 2 amide bonds. The summed E-state index contributed by atoms with van der Waals surface area (Å²) in [4.78, 5) is 23.9. The van der Waals surface area contributed by atoms with Crippen LogP contribution in [0, 0.1) is 6.92 Å². The summed E-state index contributed by atoms with van der Waals surface area (Å²) in [6, 6.07) is 2.00. The van der Waals surface area contributed by atoms with Crippen LogP contribution >= 0.6 is 0 Å². The number of nitrogens with one attached hydrogen (secondary N) is 2. The van der Waals surface area contributed by atoms with Crippen molar-refractivity contribution >= 4 is 11.8 Å². The third-order valence-corrected chi connectivity index (χ3v) is 3.81. The summed E-state index contributed by atoms with van der Waals surface area (Å²) in [5.74, 6) is -0.370. The van der Waals surface area contributed by atoms with E-state index in [1.165, 1.54) is 19.3 Å². The van der Waals surface area contributed by atoms with Crippen LogP contribution in [0.5, 0.6) is 0 Å². The summed E-state index contributed by atoms with van der Waals surface area (Å²) in [5.41, 5.74) is 1.30. The van der Waals surface area contributed by atoms with Crippen molar-refractivity contribution in [3.05, 3.63) is 17.5 Å². The summed E-state index contributed by atoms with van der Waals surface area (Å²) in [7, 11) is 0. The monoisotopic (exact) mass is 292 g/mol. The van der Waals surface area contributed by atoms with Crippen molar-refractivity contribution in [2.45, 2.75) is 58.5 Å². The maximum absolute atomic E-state index is 12.1. The highest BCUT2D eigenvalue weighted by molar-refractivity contribution is 5.95. The lowest BCUT2D eigenvalue weighted by Gasteiger charge is -2.22. The van der Waals surface area contributed by atoms with Gasteiger partial charge in [-0.05, 0) is 32.8 Å². The number of hydrogen-bond donors (Lipinski definition) is 2. The molecule has 21 heavy (non-hydrogen) atoms. The fraction of sp³-hybridized carbons (Fsp3) is 0.667. The molecule has 0 radical (unpaired) electrons. The van der Waals surface area contributed by atoms with E-state index < -0.39 is 0 Å². The fourth-order valence-electron chi connectivity index (χ4n) is 2.75. The van der Waals surface area contributed by atoms with Gasteiger partial charge < -0.3 is 10.6 Å². The zero-order valence-electron chi connectivity index (χ0n) is 12.8. The Morgan fingerprint density at radius 1 is 1.33 bits per heavy atom. The molecule has 0 aromatic carbocycles. The van der Waals surface area contributed by atoms with E-state index in [1.54, 1.807) is 10.7 Å². The van der Waals surface area contributed by atoms with Crippen LogP contribution in [0.2, 0.25) is 0 Å². The molecule has 1 aromatic heterocycles. The zero-order valence-corrected chi connectivity index (χ0v) is 12.8. The molecule has 1 aliphatic carbocycles. The first kappa shape index (κ1) is 15.5. The Kier molecular flexibility index (Phi) is 5.36. The molecule has 1 saturated carbocycles. The van der Waals surface area contributed by atoms with Crippen LogP contribution < -0.4 is 10.6 Å². The standard InChI is InChI=1S/C15H24N4O2/c1-3-19-13(9-11(2)18-19)15(21)16-10-14(20)17-12-7-5-4-6-8-12/h9,12H,3-8,10H2,1-2H3,(H,16,21)(H,17,20). The Labute approximate surface area is 125 Å². The fourth-order valence-corrected chi connectivity index (χ4v) is 2.75. The molecular weight excluding hydrogens is 268 g/mol. The molecule has 0 saturated heterocycles. The SMILES string of the molecule is CCn1nc(C)cc1C(=O)NCC(=O)NC1CCCCC1. The molecule has 116 valence electrons. The number of nitrogens with zero attached hydrogens (tertiary/aromatic N) is 2. The first-order chi connectivity index (χ1) is 10.1. The van der Waals surface area contributed by atoms with Gasteiger partial charge in [0.2, 0.25) is 5.91 Å². The molecule has 2 rings (SSSR count). The average Bonchev–Trinajstić information content (AvgIpc) is 2.87. The second-order valence-electron chi connectivity index (χ2n) is 5.57. The molecule has 0 spiro atoms. The average molecular weight is 292 g/mol. The Balaban J connectivity index is 1.81. The predicted octanol–water partition coefficient (Wildman–Crippen LogP) is 1.39. The van der Waals surface area contributed by atoms with Crippen LogP contribution in [0.1, 0.15) is 55.2 Å². The predicted molar refractivity (Wildman–Crippen MR) is 80.0 cm³/mol. The van der Waals surface area contributed by atoms with Gasteiger partial charge in [0.05, 0.1) is 12.2 Å². The molecule has 0 aliphatic heterocycles. The highest BCUT2D eigenvalue weighted by atomic mass is 16.2. The number of aryl methyl sites for hydroxylation is 2. The molecule has 1 aliphatic rings. The summed E-state index contributed by atoms with van der Waals surface area (Å²) in [6.07, 6.45) is 5.69. The van der Waals surface area contributed by atoms with E-state index in [9.17, 15) is 9.59 Å². The van der Waals surface area contributed by atoms with Crippen molar-refractivity contribution in [1.29, 1.82) is 0 Å². The van der Waals surface area contributed by atoms with Gasteiger partial charge in [-0.25, -0.2) is 0 Å². The Hall–Kier alpha value is -1.85. The lowest BCUT2D eigenvalue weighted by molar-refractivity contribution is -0.121. The van der Waals surface area contributed by atoms with Gasteiger partial charge in [-0.15, -0.1) is 0 Å². The second kappa shape index (κ2) is 7.24. The van der Waals surface area contributed by atoms with Crippen LogP contribution in [0.3, 0.4) is 0 Å². The highest BCUT2D eigenvalue weighted by Crippen LogP contribution is 2.17. The van der Waals surface area contributed by atoms with E-state index in [1.807, 2.05) is 13.8 Å². The third-order valence-electron chi connectivity index (χ3n) is 3.81. The molecule has 6 heteroatoms. The molecule has 0 unspecified atom stereocenters. The van der Waals surface area contributed by atoms with Gasteiger partial charge in [0.1, 0.15) is 5.69 Å². The number of aromatic nitrogens is 2. The minimum absolute atomic E-state index is 0.0171. The first-order valence-corrected chi connectivity index (χ1v) is 7.72. The Morgan fingerprint density at radius 3 is 2.71 bits per heavy atom. The lowest BCUT2D eigenvalue weighted by atomic mass is 9.95. The van der Waals surface area contributed by atoms with Gasteiger partial charge in [-0.2, -0.15) is 5.10 Å². The molecule has 6 nitrogen and oxygen atoms in total. The summed E-state index contributed by atoms with van der Waals surface area (Å²) < 4.78 is 1.64. The van der Waals surface area contributed by atoms with Crippen molar-refractivity contribution in [1.82, 2.24) is 20.4 Å². The molecule has 1 heterocycles. The molecule has 1 fully saturated rings. The smallest absolute Gasteiger partial charge is 0.269 e. The zero-order chi connectivity index (χ0) is 15.2. The minimum Gasteiger partial charge on any atom is -0.352 e. The van der Waals surface area contributed by atoms with Gasteiger partial charge >= 0.3 is 0 Å². The summed E-state index contributed by atoms with van der Waals surface area (Å²) in [6.45, 7) is 4.42. The van der Waals surface area contributed by atoms with Crippen LogP contribution in [-0.4, -0.2) is 34.2 Å². The number of carbonyl (C=O) groups is 2. The minimum atomic E-state index is -0.253. The van der Waals surface area contributed by atoms with Crippen LogP contribution in [-0.2, 0) is 11.3 Å². The maximum atomic E-state index is 12.1. The normalized spacial score (nSPS) is 15.7. The number of hydrogen-bond acceptors (Lipinski definition) is 3. The van der Waals surface area contributed by atoms with Gasteiger partial charge in [-0.1, -0.05) is 19.3 Å². The largest absolute Gasteiger partial charge is 0.352 e. The number of amides is 2. The van der Waals surface area contributed by atoms with E-state index in [0.29, 0.717) is 12.2 Å². The van der Waals surface area contributed by atoms with Crippen molar-refractivity contribution in [2.75, 3.05) is 6.54 Å². The van der Waals surface area contributed by atoms with E-state index in [0.717, 1.165) is 18.5 Å². The summed E-state index contributed by atoms with van der Waals surface area (Å²) >= 11 is 0. The Bertz CT molecular complexity index is 504. The van der Waals surface area contributed by atoms with E-state index in [2.05, 4.69) is 15.7 Å². The molecule has 0 atom stereocenters. The Morgan fingerprint density at radius 2 is 2.05 bits per heavy atom. The molecule has 1 aromatic rings. The van der Waals surface area contributed by atoms with Gasteiger partial charge in [0, 0.05) is 12.6 Å². The maximum Gasteiger partial charge on any atom is 0.269 e. The van der Waals surface area contributed by atoms with Crippen molar-refractivity contribution < 1.29 is 9.59 Å². The topological polar surface area (TPSA) is 76.0 Å². The molecule has 0 bridgehead atoms. The van der Waals surface area contributed by atoms with E-state index in [-0.39, 0.29) is 24.4 Å². The number of carbonyl (C=O) groups excluding carboxylic acids is 2. The second-order valence-corrected chi connectivity index (χ2v) is 5.57. The lowest BCUT2D eigenvalue weighted by Crippen LogP contribution is -2.43. The van der Waals surface area contributed by atoms with Crippen LogP contribution in [0.15, 0.2) is 6.07 Å². The van der Waals surface area contributed by atoms with Crippen molar-refractivity contribution in [2.24, 2.45) is 0 Å². The number of rotatable bonds is 5. The third kappa shape index (κ3) is 4.31. The van der Waals surface area contributed by atoms with Crippen LogP contribution in [0.25, 0.3) is 0 Å². The van der Waals surface area contributed by atoms with Crippen LogP contribution in [0.4, 0.5) is 0 Å². The highest BCUT2D eigenvalue weighted by Gasteiger charge is 2.17. The van der Waals surface area contributed by atoms with Gasteiger partial charge in [0.15, 0.2) is 0 Å². The van der Waals surface area contributed by atoms with Crippen molar-refractivity contribution in [3.63, 3.8) is 0 Å². The van der Waals surface area contributed by atoms with Gasteiger partial charge in [-0.3, -0.25) is 14.3 Å². The molecular formula is C15H24N4O2. The molecule has 2 N–H and O–H groups in total. The quantitative estimate of drug-likeness (QED) is 0.861. The van der Waals surface area contributed by atoms with Crippen molar-refractivity contribution in [3.8, 4) is 0 Å². The van der Waals surface area contributed by atoms with Gasteiger partial charge in [0.25, 0.3) is 5.91 Å². The summed E-state index contributed by atoms with van der Waals surface area (Å²) in [5, 5.41) is 9.87.